The molecule has 1 N–H and O–H groups in total. The summed E-state index contributed by atoms with van der Waals surface area (Å²) < 4.78 is 0. The Bertz CT molecular complexity index is 820. The molecule has 7 heteroatoms. The zero-order valence-electron chi connectivity index (χ0n) is 16.5. The number of pyridine rings is 1. The smallest absolute Gasteiger partial charge is 0.230 e. The molecule has 0 spiro atoms. The molecule has 2 aromatic heterocycles. The van der Waals surface area contributed by atoms with Gasteiger partial charge in [-0.3, -0.25) is 4.79 Å². The molecule has 2 aliphatic rings. The van der Waals surface area contributed by atoms with Gasteiger partial charge in [0.2, 0.25) is 5.91 Å². The molecule has 148 valence electrons. The number of amides is 1. The van der Waals surface area contributed by atoms with Crippen molar-refractivity contribution in [2.24, 2.45) is 5.92 Å². The number of nitrogens with zero attached hydrogens (tertiary/aromatic N) is 5. The first-order chi connectivity index (χ1) is 13.7. The lowest BCUT2D eigenvalue weighted by molar-refractivity contribution is -0.120. The second-order valence-corrected chi connectivity index (χ2v) is 7.72. The van der Waals surface area contributed by atoms with Gasteiger partial charge in [-0.15, -0.1) is 0 Å². The number of hydrogen-bond acceptors (Lipinski definition) is 6. The van der Waals surface area contributed by atoms with Gasteiger partial charge < -0.3 is 15.1 Å². The zero-order valence-corrected chi connectivity index (χ0v) is 16.5. The van der Waals surface area contributed by atoms with Crippen molar-refractivity contribution in [2.75, 3.05) is 41.3 Å². The van der Waals surface area contributed by atoms with Gasteiger partial charge in [0.05, 0.1) is 5.92 Å². The standard InChI is InChI=1S/C21H28N6O/c1-16-7-5-9-18(24-16)25-21(28)17-8-6-12-27(14-17)20-13-19(22-15-23-20)26-10-3-2-4-11-26/h5,7,9,13,15,17H,2-4,6,8,10-12,14H2,1H3,(H,24,25,28). The van der Waals surface area contributed by atoms with Gasteiger partial charge in [-0.2, -0.15) is 0 Å². The molecule has 0 aromatic carbocycles. The first-order valence-electron chi connectivity index (χ1n) is 10.3. The van der Waals surface area contributed by atoms with E-state index in [0.29, 0.717) is 12.4 Å². The lowest BCUT2D eigenvalue weighted by Crippen LogP contribution is -2.41. The van der Waals surface area contributed by atoms with E-state index in [2.05, 4.69) is 36.1 Å². The first-order valence-corrected chi connectivity index (χ1v) is 10.3. The Morgan fingerprint density at radius 1 is 1.04 bits per heavy atom. The summed E-state index contributed by atoms with van der Waals surface area (Å²) in [6.45, 7) is 5.64. The maximum Gasteiger partial charge on any atom is 0.230 e. The maximum absolute atomic E-state index is 12.8. The Labute approximate surface area is 166 Å². The van der Waals surface area contributed by atoms with Crippen LogP contribution in [0.2, 0.25) is 0 Å². The summed E-state index contributed by atoms with van der Waals surface area (Å²) in [5.41, 5.74) is 0.897. The van der Waals surface area contributed by atoms with Crippen molar-refractivity contribution in [1.82, 2.24) is 15.0 Å². The van der Waals surface area contributed by atoms with Crippen molar-refractivity contribution in [1.29, 1.82) is 0 Å². The Morgan fingerprint density at radius 3 is 2.57 bits per heavy atom. The van der Waals surface area contributed by atoms with Crippen LogP contribution in [0.25, 0.3) is 0 Å². The highest BCUT2D eigenvalue weighted by molar-refractivity contribution is 5.92. The molecule has 2 aliphatic heterocycles. The lowest BCUT2D eigenvalue weighted by Gasteiger charge is -2.33. The lowest BCUT2D eigenvalue weighted by atomic mass is 9.97. The number of hydrogen-bond donors (Lipinski definition) is 1. The summed E-state index contributed by atoms with van der Waals surface area (Å²) >= 11 is 0. The van der Waals surface area contributed by atoms with Crippen LogP contribution in [0.1, 0.15) is 37.8 Å². The number of piperidine rings is 2. The minimum absolute atomic E-state index is 0.0353. The average molecular weight is 380 g/mol. The van der Waals surface area contributed by atoms with Gasteiger partial charge in [0, 0.05) is 37.9 Å². The van der Waals surface area contributed by atoms with Crippen LogP contribution in [0.5, 0.6) is 0 Å². The molecule has 1 atom stereocenters. The van der Waals surface area contributed by atoms with Crippen LogP contribution in [0.4, 0.5) is 17.5 Å². The number of aryl methyl sites for hydroxylation is 1. The Kier molecular flexibility index (Phi) is 5.69. The zero-order chi connectivity index (χ0) is 19.3. The molecule has 2 saturated heterocycles. The number of rotatable bonds is 4. The highest BCUT2D eigenvalue weighted by atomic mass is 16.2. The Hall–Kier alpha value is -2.70. The highest BCUT2D eigenvalue weighted by Crippen LogP contribution is 2.26. The largest absolute Gasteiger partial charge is 0.356 e. The van der Waals surface area contributed by atoms with Crippen LogP contribution in [0.15, 0.2) is 30.6 Å². The minimum Gasteiger partial charge on any atom is -0.356 e. The summed E-state index contributed by atoms with van der Waals surface area (Å²) in [5.74, 6) is 2.51. The molecule has 0 saturated carbocycles. The van der Waals surface area contributed by atoms with Crippen LogP contribution in [0.3, 0.4) is 0 Å². The summed E-state index contributed by atoms with van der Waals surface area (Å²) in [6, 6.07) is 7.75. The first kappa shape index (κ1) is 18.7. The SMILES string of the molecule is Cc1cccc(NC(=O)C2CCCN(c3cc(N4CCCCC4)ncn3)C2)n1. The van der Waals surface area contributed by atoms with Gasteiger partial charge in [-0.1, -0.05) is 6.07 Å². The number of nitrogens with one attached hydrogen (secondary N) is 1. The topological polar surface area (TPSA) is 74.2 Å². The average Bonchev–Trinajstić information content (AvgIpc) is 2.74. The number of carbonyl (C=O) groups is 1. The van der Waals surface area contributed by atoms with Crippen molar-refractivity contribution in [3.63, 3.8) is 0 Å². The summed E-state index contributed by atoms with van der Waals surface area (Å²) in [7, 11) is 0. The Balaban J connectivity index is 1.42. The molecule has 4 rings (SSSR count). The molecule has 4 heterocycles. The predicted octanol–water partition coefficient (Wildman–Crippen LogP) is 3.03. The van der Waals surface area contributed by atoms with E-state index >= 15 is 0 Å². The van der Waals surface area contributed by atoms with Crippen LogP contribution >= 0.6 is 0 Å². The van der Waals surface area contributed by atoms with Gasteiger partial charge in [0.15, 0.2) is 0 Å². The van der Waals surface area contributed by atoms with Crippen molar-refractivity contribution in [2.45, 2.75) is 39.0 Å². The summed E-state index contributed by atoms with van der Waals surface area (Å²) in [5, 5.41) is 2.97. The van der Waals surface area contributed by atoms with E-state index in [-0.39, 0.29) is 11.8 Å². The minimum atomic E-state index is -0.0653. The summed E-state index contributed by atoms with van der Waals surface area (Å²) in [4.78, 5) is 30.7. The molecule has 28 heavy (non-hydrogen) atoms. The molecule has 2 aromatic rings. The van der Waals surface area contributed by atoms with Gasteiger partial charge in [0.25, 0.3) is 0 Å². The van der Waals surface area contributed by atoms with E-state index in [1.54, 1.807) is 6.33 Å². The number of anilines is 3. The third kappa shape index (κ3) is 4.40. The predicted molar refractivity (Wildman–Crippen MR) is 111 cm³/mol. The molecule has 1 unspecified atom stereocenters. The molecule has 0 bridgehead atoms. The number of carbonyl (C=O) groups excluding carboxylic acids is 1. The summed E-state index contributed by atoms with van der Waals surface area (Å²) in [6.07, 6.45) is 7.25. The van der Waals surface area contributed by atoms with Crippen LogP contribution in [0, 0.1) is 12.8 Å². The fourth-order valence-electron chi connectivity index (χ4n) is 4.05. The maximum atomic E-state index is 12.8. The molecule has 7 nitrogen and oxygen atoms in total. The van der Waals surface area contributed by atoms with E-state index in [4.69, 9.17) is 0 Å². The van der Waals surface area contributed by atoms with Crippen molar-refractivity contribution in [3.8, 4) is 0 Å². The van der Waals surface area contributed by atoms with Crippen LogP contribution < -0.4 is 15.1 Å². The van der Waals surface area contributed by atoms with Crippen molar-refractivity contribution >= 4 is 23.4 Å². The fraction of sp³-hybridized carbons (Fsp3) is 0.524. The van der Waals surface area contributed by atoms with Crippen LogP contribution in [-0.4, -0.2) is 47.0 Å². The van der Waals surface area contributed by atoms with Crippen molar-refractivity contribution < 1.29 is 4.79 Å². The molecular weight excluding hydrogens is 352 g/mol. The van der Waals surface area contributed by atoms with E-state index in [0.717, 1.165) is 49.8 Å². The monoisotopic (exact) mass is 380 g/mol. The highest BCUT2D eigenvalue weighted by Gasteiger charge is 2.27. The molecular formula is C21H28N6O. The number of aromatic nitrogens is 3. The molecule has 1 amide bonds. The fourth-order valence-corrected chi connectivity index (χ4v) is 4.05. The molecule has 0 radical (unpaired) electrons. The third-order valence-electron chi connectivity index (χ3n) is 5.57. The van der Waals surface area contributed by atoms with E-state index in [1.807, 2.05) is 25.1 Å². The second-order valence-electron chi connectivity index (χ2n) is 7.72. The van der Waals surface area contributed by atoms with E-state index < -0.39 is 0 Å². The van der Waals surface area contributed by atoms with Gasteiger partial charge in [-0.25, -0.2) is 15.0 Å². The van der Waals surface area contributed by atoms with E-state index in [9.17, 15) is 4.79 Å². The third-order valence-corrected chi connectivity index (χ3v) is 5.57. The van der Waals surface area contributed by atoms with Gasteiger partial charge in [0.1, 0.15) is 23.8 Å². The molecule has 2 fully saturated rings. The second kappa shape index (κ2) is 8.54. The van der Waals surface area contributed by atoms with E-state index in [1.165, 1.54) is 19.3 Å². The Morgan fingerprint density at radius 2 is 1.79 bits per heavy atom. The van der Waals surface area contributed by atoms with Crippen LogP contribution in [-0.2, 0) is 4.79 Å². The van der Waals surface area contributed by atoms with Crippen molar-refractivity contribution in [3.05, 3.63) is 36.3 Å². The molecule has 0 aliphatic carbocycles. The van der Waals surface area contributed by atoms with Gasteiger partial charge in [-0.05, 0) is 51.2 Å². The normalized spacial score (nSPS) is 20.1. The van der Waals surface area contributed by atoms with Gasteiger partial charge >= 0.3 is 0 Å². The quantitative estimate of drug-likeness (QED) is 0.879.